The van der Waals surface area contributed by atoms with Crippen LogP contribution in [0.4, 0.5) is 0 Å². The molecule has 2 aromatic heterocycles. The number of nitrogens with zero attached hydrogens (tertiary/aromatic N) is 3. The molecule has 0 spiro atoms. The van der Waals surface area contributed by atoms with E-state index in [0.717, 1.165) is 26.1 Å². The van der Waals surface area contributed by atoms with E-state index in [1.165, 1.54) is 10.6 Å². The van der Waals surface area contributed by atoms with Gasteiger partial charge in [0.15, 0.2) is 0 Å². The average Bonchev–Trinajstić information content (AvgIpc) is 2.90. The third-order valence-electron chi connectivity index (χ3n) is 2.45. The van der Waals surface area contributed by atoms with Crippen LogP contribution >= 0.6 is 11.3 Å². The molecule has 0 aliphatic carbocycles. The van der Waals surface area contributed by atoms with Crippen LogP contribution in [0.25, 0.3) is 0 Å². The molecule has 0 amide bonds. The summed E-state index contributed by atoms with van der Waals surface area (Å²) in [4.78, 5) is 5.61. The summed E-state index contributed by atoms with van der Waals surface area (Å²) in [5.74, 6) is 0. The van der Waals surface area contributed by atoms with Crippen LogP contribution in [0.15, 0.2) is 24.0 Å². The predicted molar refractivity (Wildman–Crippen MR) is 65.7 cm³/mol. The summed E-state index contributed by atoms with van der Waals surface area (Å²) in [6, 6.07) is 1.95. The average molecular weight is 236 g/mol. The highest BCUT2D eigenvalue weighted by atomic mass is 32.1. The maximum Gasteiger partial charge on any atom is 0.0797 e. The van der Waals surface area contributed by atoms with Crippen LogP contribution in [0.3, 0.4) is 0 Å². The Labute approximate surface area is 99.3 Å². The predicted octanol–water partition coefficient (Wildman–Crippen LogP) is 1.48. The molecule has 0 unspecified atom stereocenters. The molecule has 0 saturated carbocycles. The first-order valence-electron chi connectivity index (χ1n) is 5.43. The molecular weight excluding hydrogens is 220 g/mol. The Morgan fingerprint density at radius 2 is 2.38 bits per heavy atom. The van der Waals surface area contributed by atoms with E-state index < -0.39 is 0 Å². The van der Waals surface area contributed by atoms with Crippen LogP contribution in [-0.4, -0.2) is 27.9 Å². The Morgan fingerprint density at radius 1 is 1.44 bits per heavy atom. The second-order valence-electron chi connectivity index (χ2n) is 3.63. The lowest BCUT2D eigenvalue weighted by Gasteiger charge is -2.04. The standard InChI is InChI=1S/C11H16N4S/c1-10-11(16-9-13-10)3-5-12-6-8-15-7-2-4-14-15/h2,4,7,9,12H,3,5-6,8H2,1H3. The minimum Gasteiger partial charge on any atom is -0.315 e. The lowest BCUT2D eigenvalue weighted by Crippen LogP contribution is -2.22. The maximum atomic E-state index is 4.23. The van der Waals surface area contributed by atoms with Crippen LogP contribution < -0.4 is 5.32 Å². The van der Waals surface area contributed by atoms with Crippen LogP contribution in [0.2, 0.25) is 0 Å². The fourth-order valence-electron chi connectivity index (χ4n) is 1.52. The summed E-state index contributed by atoms with van der Waals surface area (Å²) in [6.07, 6.45) is 4.85. The van der Waals surface area contributed by atoms with Crippen molar-refractivity contribution in [2.75, 3.05) is 13.1 Å². The molecule has 0 fully saturated rings. The van der Waals surface area contributed by atoms with E-state index in [-0.39, 0.29) is 0 Å². The highest BCUT2D eigenvalue weighted by Gasteiger charge is 2.00. The van der Waals surface area contributed by atoms with Crippen molar-refractivity contribution < 1.29 is 0 Å². The van der Waals surface area contributed by atoms with Gasteiger partial charge in [-0.15, -0.1) is 11.3 Å². The quantitative estimate of drug-likeness (QED) is 0.773. The lowest BCUT2D eigenvalue weighted by molar-refractivity contribution is 0.557. The van der Waals surface area contributed by atoms with Crippen molar-refractivity contribution in [2.45, 2.75) is 19.9 Å². The largest absolute Gasteiger partial charge is 0.315 e. The van der Waals surface area contributed by atoms with Gasteiger partial charge in [0.05, 0.1) is 17.7 Å². The molecule has 0 saturated heterocycles. The summed E-state index contributed by atoms with van der Waals surface area (Å²) in [5, 5.41) is 7.55. The van der Waals surface area contributed by atoms with Gasteiger partial charge in [-0.3, -0.25) is 4.68 Å². The fourth-order valence-corrected chi connectivity index (χ4v) is 2.30. The molecule has 5 heteroatoms. The first-order valence-corrected chi connectivity index (χ1v) is 6.31. The highest BCUT2D eigenvalue weighted by Crippen LogP contribution is 2.11. The lowest BCUT2D eigenvalue weighted by atomic mass is 10.3. The fraction of sp³-hybridized carbons (Fsp3) is 0.455. The molecule has 2 rings (SSSR count). The van der Waals surface area contributed by atoms with Crippen LogP contribution in [-0.2, 0) is 13.0 Å². The number of nitrogens with one attached hydrogen (secondary N) is 1. The first kappa shape index (κ1) is 11.3. The number of hydrogen-bond acceptors (Lipinski definition) is 4. The third-order valence-corrected chi connectivity index (χ3v) is 3.45. The van der Waals surface area contributed by atoms with E-state index in [1.807, 2.05) is 22.5 Å². The smallest absolute Gasteiger partial charge is 0.0797 e. The summed E-state index contributed by atoms with van der Waals surface area (Å²) >= 11 is 1.74. The number of aryl methyl sites for hydroxylation is 1. The van der Waals surface area contributed by atoms with E-state index in [4.69, 9.17) is 0 Å². The summed E-state index contributed by atoms with van der Waals surface area (Å²) < 4.78 is 1.94. The van der Waals surface area contributed by atoms with E-state index in [9.17, 15) is 0 Å². The zero-order valence-corrected chi connectivity index (χ0v) is 10.2. The minimum atomic E-state index is 0.925. The summed E-state index contributed by atoms with van der Waals surface area (Å²) in [5.41, 5.74) is 3.08. The minimum absolute atomic E-state index is 0.925. The molecule has 86 valence electrons. The van der Waals surface area contributed by atoms with Gasteiger partial charge in [-0.25, -0.2) is 4.98 Å². The van der Waals surface area contributed by atoms with Gasteiger partial charge >= 0.3 is 0 Å². The van der Waals surface area contributed by atoms with Crippen molar-refractivity contribution in [1.29, 1.82) is 0 Å². The van der Waals surface area contributed by atoms with Crippen molar-refractivity contribution in [2.24, 2.45) is 0 Å². The van der Waals surface area contributed by atoms with Gasteiger partial charge in [-0.05, 0) is 19.4 Å². The van der Waals surface area contributed by atoms with Crippen molar-refractivity contribution in [3.05, 3.63) is 34.5 Å². The number of rotatable bonds is 6. The van der Waals surface area contributed by atoms with Gasteiger partial charge in [0, 0.05) is 30.4 Å². The SMILES string of the molecule is Cc1ncsc1CCNCCn1cccn1. The van der Waals surface area contributed by atoms with Gasteiger partial charge in [-0.1, -0.05) is 0 Å². The molecule has 2 aromatic rings. The molecule has 0 radical (unpaired) electrons. The van der Waals surface area contributed by atoms with Crippen molar-refractivity contribution in [3.63, 3.8) is 0 Å². The molecule has 0 aliphatic rings. The first-order chi connectivity index (χ1) is 7.86. The molecule has 0 aliphatic heterocycles. The van der Waals surface area contributed by atoms with Gasteiger partial charge in [-0.2, -0.15) is 5.10 Å². The van der Waals surface area contributed by atoms with Crippen LogP contribution in [0, 0.1) is 6.92 Å². The Balaban J connectivity index is 1.61. The van der Waals surface area contributed by atoms with E-state index in [1.54, 1.807) is 17.5 Å². The second kappa shape index (κ2) is 5.77. The zero-order valence-electron chi connectivity index (χ0n) is 9.39. The van der Waals surface area contributed by atoms with E-state index in [2.05, 4.69) is 22.3 Å². The third kappa shape index (κ3) is 3.15. The topological polar surface area (TPSA) is 42.7 Å². The van der Waals surface area contributed by atoms with Crippen molar-refractivity contribution in [1.82, 2.24) is 20.1 Å². The normalized spacial score (nSPS) is 10.8. The Morgan fingerprint density at radius 3 is 3.06 bits per heavy atom. The molecule has 1 N–H and O–H groups in total. The zero-order chi connectivity index (χ0) is 11.2. The van der Waals surface area contributed by atoms with Crippen LogP contribution in [0.5, 0.6) is 0 Å². The van der Waals surface area contributed by atoms with Gasteiger partial charge < -0.3 is 5.32 Å². The summed E-state index contributed by atoms with van der Waals surface area (Å²) in [7, 11) is 0. The summed E-state index contributed by atoms with van der Waals surface area (Å²) in [6.45, 7) is 4.95. The molecule has 0 atom stereocenters. The Bertz CT molecular complexity index is 407. The van der Waals surface area contributed by atoms with Crippen molar-refractivity contribution >= 4 is 11.3 Å². The maximum absolute atomic E-state index is 4.23. The van der Waals surface area contributed by atoms with E-state index >= 15 is 0 Å². The molecular formula is C11H16N4S. The Kier molecular flexibility index (Phi) is 4.07. The molecule has 16 heavy (non-hydrogen) atoms. The monoisotopic (exact) mass is 236 g/mol. The van der Waals surface area contributed by atoms with Crippen molar-refractivity contribution in [3.8, 4) is 0 Å². The molecule has 0 bridgehead atoms. The second-order valence-corrected chi connectivity index (χ2v) is 4.57. The van der Waals surface area contributed by atoms with Crippen LogP contribution in [0.1, 0.15) is 10.6 Å². The Hall–Kier alpha value is -1.20. The molecule has 4 nitrogen and oxygen atoms in total. The van der Waals surface area contributed by atoms with E-state index in [0.29, 0.717) is 0 Å². The highest BCUT2D eigenvalue weighted by molar-refractivity contribution is 7.09. The van der Waals surface area contributed by atoms with Gasteiger partial charge in [0.1, 0.15) is 0 Å². The molecule has 2 heterocycles. The number of hydrogen-bond donors (Lipinski definition) is 1. The number of thiazole rings is 1. The number of aromatic nitrogens is 3. The van der Waals surface area contributed by atoms with Gasteiger partial charge in [0.2, 0.25) is 0 Å². The molecule has 0 aromatic carbocycles. The van der Waals surface area contributed by atoms with Gasteiger partial charge in [0.25, 0.3) is 0 Å².